The molecule has 1 aliphatic heterocycles. The van der Waals surface area contributed by atoms with Gasteiger partial charge in [0.2, 0.25) is 0 Å². The maximum atomic E-state index is 11.7. The van der Waals surface area contributed by atoms with Gasteiger partial charge in [-0.2, -0.15) is 0 Å². The first-order chi connectivity index (χ1) is 7.22. The van der Waals surface area contributed by atoms with Crippen LogP contribution in [0.15, 0.2) is 22.7 Å². The molecule has 0 radical (unpaired) electrons. The molecule has 80 valence electrons. The molecule has 1 aromatic carbocycles. The number of hydrogen-bond acceptors (Lipinski definition) is 2. The van der Waals surface area contributed by atoms with Crippen molar-refractivity contribution in [3.8, 4) is 0 Å². The van der Waals surface area contributed by atoms with E-state index in [0.29, 0.717) is 6.54 Å². The number of carbonyl (C=O) groups is 1. The predicted molar refractivity (Wildman–Crippen MR) is 64.4 cm³/mol. The standard InChI is InChI=1S/C11H13BrN2O/c1-2-14-6-5-13-11(15)9-4-3-8(12)7-10(9)14/h3-4,7H,2,5-6H2,1H3,(H,13,15). The summed E-state index contributed by atoms with van der Waals surface area (Å²) >= 11 is 3.43. The molecule has 0 unspecified atom stereocenters. The van der Waals surface area contributed by atoms with Gasteiger partial charge in [0.15, 0.2) is 0 Å². The van der Waals surface area contributed by atoms with Gasteiger partial charge in [0.1, 0.15) is 0 Å². The van der Waals surface area contributed by atoms with Crippen LogP contribution in [0.5, 0.6) is 0 Å². The minimum atomic E-state index is 0.0217. The lowest BCUT2D eigenvalue weighted by atomic mass is 10.1. The second-order valence-corrected chi connectivity index (χ2v) is 4.41. The van der Waals surface area contributed by atoms with E-state index in [9.17, 15) is 4.79 Å². The van der Waals surface area contributed by atoms with Crippen molar-refractivity contribution >= 4 is 27.5 Å². The molecule has 0 fully saturated rings. The Morgan fingerprint density at radius 2 is 2.33 bits per heavy atom. The summed E-state index contributed by atoms with van der Waals surface area (Å²) in [5, 5.41) is 2.89. The van der Waals surface area contributed by atoms with Crippen LogP contribution in [0, 0.1) is 0 Å². The minimum absolute atomic E-state index is 0.0217. The third kappa shape index (κ3) is 2.00. The fraction of sp³-hybridized carbons (Fsp3) is 0.364. The van der Waals surface area contributed by atoms with Crippen molar-refractivity contribution < 1.29 is 4.79 Å². The number of benzene rings is 1. The number of fused-ring (bicyclic) bond motifs is 1. The van der Waals surface area contributed by atoms with Crippen LogP contribution in [0.4, 0.5) is 5.69 Å². The molecule has 1 amide bonds. The Morgan fingerprint density at radius 3 is 3.07 bits per heavy atom. The van der Waals surface area contributed by atoms with E-state index in [4.69, 9.17) is 0 Å². The van der Waals surface area contributed by atoms with Gasteiger partial charge in [0, 0.05) is 24.1 Å². The lowest BCUT2D eigenvalue weighted by Crippen LogP contribution is -2.29. The summed E-state index contributed by atoms with van der Waals surface area (Å²) in [5.74, 6) is 0.0217. The zero-order valence-corrected chi connectivity index (χ0v) is 10.2. The summed E-state index contributed by atoms with van der Waals surface area (Å²) in [6.07, 6.45) is 0. The Hall–Kier alpha value is -1.03. The van der Waals surface area contributed by atoms with Crippen molar-refractivity contribution in [3.63, 3.8) is 0 Å². The fourth-order valence-electron chi connectivity index (χ4n) is 1.81. The van der Waals surface area contributed by atoms with Crippen LogP contribution in [0.1, 0.15) is 17.3 Å². The molecular formula is C11H13BrN2O. The molecule has 15 heavy (non-hydrogen) atoms. The third-order valence-corrected chi connectivity index (χ3v) is 3.09. The van der Waals surface area contributed by atoms with Gasteiger partial charge in [0.05, 0.1) is 11.3 Å². The molecule has 0 saturated heterocycles. The molecule has 3 nitrogen and oxygen atoms in total. The molecule has 0 bridgehead atoms. The Kier molecular flexibility index (Phi) is 2.95. The number of nitrogens with one attached hydrogen (secondary N) is 1. The Bertz CT molecular complexity index is 392. The SMILES string of the molecule is CCN1CCNC(=O)c2ccc(Br)cc21. The maximum absolute atomic E-state index is 11.7. The average molecular weight is 269 g/mol. The first kappa shape index (κ1) is 10.5. The van der Waals surface area contributed by atoms with Crippen LogP contribution < -0.4 is 10.2 Å². The lowest BCUT2D eigenvalue weighted by Gasteiger charge is -2.22. The molecule has 0 aromatic heterocycles. The summed E-state index contributed by atoms with van der Waals surface area (Å²) < 4.78 is 1.01. The van der Waals surface area contributed by atoms with Crippen LogP contribution in [-0.2, 0) is 0 Å². The summed E-state index contributed by atoms with van der Waals surface area (Å²) in [5.41, 5.74) is 1.78. The third-order valence-electron chi connectivity index (χ3n) is 2.59. The molecular weight excluding hydrogens is 256 g/mol. The topological polar surface area (TPSA) is 32.3 Å². The number of amides is 1. The van der Waals surface area contributed by atoms with Crippen molar-refractivity contribution in [3.05, 3.63) is 28.2 Å². The number of likely N-dealkylation sites (N-methyl/N-ethyl adjacent to an activating group) is 1. The number of carbonyl (C=O) groups excluding carboxylic acids is 1. The summed E-state index contributed by atoms with van der Waals surface area (Å²) in [4.78, 5) is 13.9. The van der Waals surface area contributed by atoms with Crippen molar-refractivity contribution in [1.29, 1.82) is 0 Å². The molecule has 1 heterocycles. The molecule has 1 aromatic rings. The van der Waals surface area contributed by atoms with Crippen LogP contribution in [0.2, 0.25) is 0 Å². The highest BCUT2D eigenvalue weighted by molar-refractivity contribution is 9.10. The van der Waals surface area contributed by atoms with Crippen molar-refractivity contribution in [2.75, 3.05) is 24.5 Å². The highest BCUT2D eigenvalue weighted by atomic mass is 79.9. The largest absolute Gasteiger partial charge is 0.369 e. The van der Waals surface area contributed by atoms with E-state index < -0.39 is 0 Å². The second-order valence-electron chi connectivity index (χ2n) is 3.50. The minimum Gasteiger partial charge on any atom is -0.369 e. The monoisotopic (exact) mass is 268 g/mol. The van der Waals surface area contributed by atoms with Crippen molar-refractivity contribution in [1.82, 2.24) is 5.32 Å². The van der Waals surface area contributed by atoms with E-state index in [-0.39, 0.29) is 5.91 Å². The Morgan fingerprint density at radius 1 is 1.53 bits per heavy atom. The molecule has 0 spiro atoms. The van der Waals surface area contributed by atoms with Crippen molar-refractivity contribution in [2.45, 2.75) is 6.92 Å². The van der Waals surface area contributed by atoms with E-state index in [0.717, 1.165) is 28.8 Å². The second kappa shape index (κ2) is 4.23. The molecule has 2 rings (SSSR count). The van der Waals surface area contributed by atoms with Crippen LogP contribution in [0.3, 0.4) is 0 Å². The van der Waals surface area contributed by atoms with E-state index in [1.165, 1.54) is 0 Å². The van der Waals surface area contributed by atoms with Gasteiger partial charge in [-0.3, -0.25) is 4.79 Å². The number of hydrogen-bond donors (Lipinski definition) is 1. The van der Waals surface area contributed by atoms with E-state index in [1.807, 2.05) is 18.2 Å². The molecule has 1 N–H and O–H groups in total. The van der Waals surface area contributed by atoms with Gasteiger partial charge in [-0.15, -0.1) is 0 Å². The molecule has 0 atom stereocenters. The summed E-state index contributed by atoms with van der Waals surface area (Å²) in [6, 6.07) is 5.77. The summed E-state index contributed by atoms with van der Waals surface area (Å²) in [6.45, 7) is 4.59. The first-order valence-corrected chi connectivity index (χ1v) is 5.84. The van der Waals surface area contributed by atoms with Gasteiger partial charge < -0.3 is 10.2 Å². The zero-order valence-electron chi connectivity index (χ0n) is 8.59. The van der Waals surface area contributed by atoms with E-state index >= 15 is 0 Å². The number of halogens is 1. The van der Waals surface area contributed by atoms with Gasteiger partial charge in [0.25, 0.3) is 5.91 Å². The molecule has 0 saturated carbocycles. The van der Waals surface area contributed by atoms with E-state index in [1.54, 1.807) is 0 Å². The predicted octanol–water partition coefficient (Wildman–Crippen LogP) is 2.02. The number of rotatable bonds is 1. The number of nitrogens with zero attached hydrogens (tertiary/aromatic N) is 1. The maximum Gasteiger partial charge on any atom is 0.253 e. The molecule has 4 heteroatoms. The van der Waals surface area contributed by atoms with Gasteiger partial charge >= 0.3 is 0 Å². The zero-order chi connectivity index (χ0) is 10.8. The van der Waals surface area contributed by atoms with Crippen LogP contribution >= 0.6 is 15.9 Å². The molecule has 1 aliphatic rings. The van der Waals surface area contributed by atoms with Crippen molar-refractivity contribution in [2.24, 2.45) is 0 Å². The van der Waals surface area contributed by atoms with E-state index in [2.05, 4.69) is 33.1 Å². The highest BCUT2D eigenvalue weighted by Gasteiger charge is 2.19. The quantitative estimate of drug-likeness (QED) is 0.846. The highest BCUT2D eigenvalue weighted by Crippen LogP contribution is 2.26. The first-order valence-electron chi connectivity index (χ1n) is 5.05. The van der Waals surface area contributed by atoms with Gasteiger partial charge in [-0.1, -0.05) is 15.9 Å². The van der Waals surface area contributed by atoms with Crippen LogP contribution in [-0.4, -0.2) is 25.5 Å². The number of anilines is 1. The smallest absolute Gasteiger partial charge is 0.253 e. The molecule has 0 aliphatic carbocycles. The Labute approximate surface area is 97.6 Å². The van der Waals surface area contributed by atoms with Crippen LogP contribution in [0.25, 0.3) is 0 Å². The average Bonchev–Trinajstić information content (AvgIpc) is 2.38. The normalized spacial score (nSPS) is 15.6. The lowest BCUT2D eigenvalue weighted by molar-refractivity contribution is 0.0958. The van der Waals surface area contributed by atoms with Gasteiger partial charge in [-0.05, 0) is 25.1 Å². The van der Waals surface area contributed by atoms with Gasteiger partial charge in [-0.25, -0.2) is 0 Å². The fourth-order valence-corrected chi connectivity index (χ4v) is 2.16. The summed E-state index contributed by atoms with van der Waals surface area (Å²) in [7, 11) is 0. The Balaban J connectivity index is 2.51.